The van der Waals surface area contributed by atoms with E-state index in [1.165, 1.54) is 0 Å². The van der Waals surface area contributed by atoms with Crippen LogP contribution >= 0.6 is 11.6 Å². The maximum Gasteiger partial charge on any atom is 0.417 e. The lowest BCUT2D eigenvalue weighted by molar-refractivity contribution is -0.137. The summed E-state index contributed by atoms with van der Waals surface area (Å²) in [6, 6.07) is 0.806. The fourth-order valence-electron chi connectivity index (χ4n) is 1.51. The Hall–Kier alpha value is -1.05. The molecule has 0 bridgehead atoms. The third kappa shape index (κ3) is 2.85. The lowest BCUT2D eigenvalue weighted by Crippen LogP contribution is -2.63. The molecule has 0 spiro atoms. The van der Waals surface area contributed by atoms with Gasteiger partial charge in [-0.15, -0.1) is 0 Å². The van der Waals surface area contributed by atoms with Crippen molar-refractivity contribution in [2.24, 2.45) is 0 Å². The van der Waals surface area contributed by atoms with E-state index in [0.717, 1.165) is 6.07 Å². The highest BCUT2D eigenvalue weighted by atomic mass is 35.5. The largest absolute Gasteiger partial charge is 0.417 e. The first-order chi connectivity index (χ1) is 8.30. The Morgan fingerprint density at radius 2 is 2.17 bits per heavy atom. The predicted molar refractivity (Wildman–Crippen MR) is 60.6 cm³/mol. The van der Waals surface area contributed by atoms with Gasteiger partial charge >= 0.3 is 6.18 Å². The van der Waals surface area contributed by atoms with E-state index in [9.17, 15) is 18.3 Å². The molecule has 3 N–H and O–H groups in total. The normalized spacial score (nSPS) is 18.3. The molecule has 0 unspecified atom stereocenters. The minimum Gasteiger partial charge on any atom is -0.385 e. The number of nitrogens with zero attached hydrogens (tertiary/aromatic N) is 1. The lowest BCUT2D eigenvalue weighted by atomic mass is 9.97. The number of hydrogen-bond acceptors (Lipinski definition) is 4. The Balaban J connectivity index is 2.06. The van der Waals surface area contributed by atoms with Crippen LogP contribution in [0.2, 0.25) is 5.02 Å². The molecule has 2 heterocycles. The molecule has 1 saturated heterocycles. The number of aromatic nitrogens is 1. The zero-order valence-electron chi connectivity index (χ0n) is 9.18. The lowest BCUT2D eigenvalue weighted by Gasteiger charge is -2.37. The SMILES string of the molecule is OC1(CNc2ncc(C(F)(F)F)cc2Cl)CNC1. The molecule has 0 radical (unpaired) electrons. The van der Waals surface area contributed by atoms with Crippen molar-refractivity contribution in [2.75, 3.05) is 25.0 Å². The Bertz CT molecular complexity index is 448. The summed E-state index contributed by atoms with van der Waals surface area (Å²) in [7, 11) is 0. The van der Waals surface area contributed by atoms with Gasteiger partial charge in [0.25, 0.3) is 0 Å². The van der Waals surface area contributed by atoms with Gasteiger partial charge in [-0.3, -0.25) is 0 Å². The highest BCUT2D eigenvalue weighted by Gasteiger charge is 2.35. The van der Waals surface area contributed by atoms with Crippen LogP contribution in [0, 0.1) is 0 Å². The number of nitrogens with one attached hydrogen (secondary N) is 2. The minimum atomic E-state index is -4.47. The Labute approximate surface area is 106 Å². The molecule has 0 atom stereocenters. The van der Waals surface area contributed by atoms with E-state index in [-0.39, 0.29) is 17.4 Å². The van der Waals surface area contributed by atoms with Crippen LogP contribution in [0.4, 0.5) is 19.0 Å². The van der Waals surface area contributed by atoms with Crippen LogP contribution in [0.3, 0.4) is 0 Å². The van der Waals surface area contributed by atoms with E-state index in [4.69, 9.17) is 11.6 Å². The summed E-state index contributed by atoms with van der Waals surface area (Å²) in [5, 5.41) is 15.3. The summed E-state index contributed by atoms with van der Waals surface area (Å²) in [5.41, 5.74) is -1.80. The van der Waals surface area contributed by atoms with E-state index < -0.39 is 17.3 Å². The number of aliphatic hydroxyl groups is 1. The van der Waals surface area contributed by atoms with Gasteiger partial charge in [0.15, 0.2) is 0 Å². The standard InChI is InChI=1S/C10H11ClF3N3O/c11-7-1-6(10(12,13)14)2-16-8(7)17-5-9(18)3-15-4-9/h1-2,15,18H,3-5H2,(H,16,17). The monoisotopic (exact) mass is 281 g/mol. The smallest absolute Gasteiger partial charge is 0.385 e. The molecule has 18 heavy (non-hydrogen) atoms. The summed E-state index contributed by atoms with van der Waals surface area (Å²) in [6.07, 6.45) is -3.76. The molecule has 0 amide bonds. The number of rotatable bonds is 3. The molecule has 1 aliphatic heterocycles. The van der Waals surface area contributed by atoms with E-state index in [0.29, 0.717) is 19.3 Å². The molecule has 1 aromatic rings. The number of β-amino-alcohol motifs (C(OH)–C–C–N with tert-alkyl or cyclic N) is 1. The molecule has 0 aliphatic carbocycles. The van der Waals surface area contributed by atoms with E-state index in [1.807, 2.05) is 0 Å². The van der Waals surface area contributed by atoms with Crippen molar-refractivity contribution in [2.45, 2.75) is 11.8 Å². The number of pyridine rings is 1. The average molecular weight is 282 g/mol. The Morgan fingerprint density at radius 1 is 1.50 bits per heavy atom. The van der Waals surface area contributed by atoms with Crippen molar-refractivity contribution < 1.29 is 18.3 Å². The molecule has 4 nitrogen and oxygen atoms in total. The van der Waals surface area contributed by atoms with Crippen LogP contribution in [0.25, 0.3) is 0 Å². The molecule has 2 rings (SSSR count). The van der Waals surface area contributed by atoms with Crippen LogP contribution in [0.15, 0.2) is 12.3 Å². The van der Waals surface area contributed by atoms with Crippen molar-refractivity contribution in [3.05, 3.63) is 22.8 Å². The molecule has 0 aromatic carbocycles. The van der Waals surface area contributed by atoms with Gasteiger partial charge in [0.2, 0.25) is 0 Å². The van der Waals surface area contributed by atoms with Crippen molar-refractivity contribution in [1.82, 2.24) is 10.3 Å². The first-order valence-electron chi connectivity index (χ1n) is 5.20. The minimum absolute atomic E-state index is 0.124. The second-order valence-corrected chi connectivity index (χ2v) is 4.64. The first kappa shape index (κ1) is 13.4. The predicted octanol–water partition coefficient (Wildman–Crippen LogP) is 1.50. The van der Waals surface area contributed by atoms with Gasteiger partial charge in [-0.2, -0.15) is 13.2 Å². The number of anilines is 1. The van der Waals surface area contributed by atoms with Gasteiger partial charge in [0.1, 0.15) is 11.4 Å². The summed E-state index contributed by atoms with van der Waals surface area (Å²) in [4.78, 5) is 3.61. The van der Waals surface area contributed by atoms with E-state index in [1.54, 1.807) is 0 Å². The van der Waals surface area contributed by atoms with Crippen LogP contribution in [-0.4, -0.2) is 35.3 Å². The van der Waals surface area contributed by atoms with Crippen molar-refractivity contribution in [1.29, 1.82) is 0 Å². The van der Waals surface area contributed by atoms with Crippen LogP contribution in [0.1, 0.15) is 5.56 Å². The Morgan fingerprint density at radius 3 is 2.61 bits per heavy atom. The molecule has 0 saturated carbocycles. The Kier molecular flexibility index (Phi) is 3.39. The maximum atomic E-state index is 12.4. The molecule has 1 aromatic heterocycles. The van der Waals surface area contributed by atoms with Gasteiger partial charge in [-0.25, -0.2) is 4.98 Å². The summed E-state index contributed by atoms with van der Waals surface area (Å²) >= 11 is 5.70. The van der Waals surface area contributed by atoms with Crippen LogP contribution in [0.5, 0.6) is 0 Å². The van der Waals surface area contributed by atoms with E-state index in [2.05, 4.69) is 15.6 Å². The molecule has 1 fully saturated rings. The number of halogens is 4. The number of hydrogen-bond donors (Lipinski definition) is 3. The fourth-order valence-corrected chi connectivity index (χ4v) is 1.74. The third-order valence-electron chi connectivity index (χ3n) is 2.66. The topological polar surface area (TPSA) is 57.2 Å². The quantitative estimate of drug-likeness (QED) is 0.786. The summed E-state index contributed by atoms with van der Waals surface area (Å²) in [5.74, 6) is 0.130. The van der Waals surface area contributed by atoms with Gasteiger partial charge < -0.3 is 15.7 Å². The highest BCUT2D eigenvalue weighted by molar-refractivity contribution is 6.32. The second kappa shape index (κ2) is 4.56. The van der Waals surface area contributed by atoms with Gasteiger partial charge in [-0.1, -0.05) is 11.6 Å². The van der Waals surface area contributed by atoms with Gasteiger partial charge in [-0.05, 0) is 6.07 Å². The maximum absolute atomic E-state index is 12.4. The average Bonchev–Trinajstić information content (AvgIpc) is 2.23. The highest BCUT2D eigenvalue weighted by Crippen LogP contribution is 2.32. The molecule has 1 aliphatic rings. The van der Waals surface area contributed by atoms with Gasteiger partial charge in [0, 0.05) is 25.8 Å². The zero-order valence-corrected chi connectivity index (χ0v) is 9.94. The van der Waals surface area contributed by atoms with Gasteiger partial charge in [0.05, 0.1) is 10.6 Å². The molecule has 8 heteroatoms. The molecular formula is C10H11ClF3N3O. The third-order valence-corrected chi connectivity index (χ3v) is 2.95. The second-order valence-electron chi connectivity index (χ2n) is 4.23. The summed E-state index contributed by atoms with van der Waals surface area (Å²) < 4.78 is 37.1. The molecular weight excluding hydrogens is 271 g/mol. The van der Waals surface area contributed by atoms with Crippen molar-refractivity contribution >= 4 is 17.4 Å². The summed E-state index contributed by atoms with van der Waals surface area (Å²) in [6.45, 7) is 1.04. The first-order valence-corrected chi connectivity index (χ1v) is 5.58. The zero-order chi connectivity index (χ0) is 13.4. The molecule has 100 valence electrons. The van der Waals surface area contributed by atoms with E-state index >= 15 is 0 Å². The fraction of sp³-hybridized carbons (Fsp3) is 0.500. The number of alkyl halides is 3. The van der Waals surface area contributed by atoms with Crippen molar-refractivity contribution in [3.63, 3.8) is 0 Å². The van der Waals surface area contributed by atoms with Crippen LogP contribution in [-0.2, 0) is 6.18 Å². The van der Waals surface area contributed by atoms with Crippen molar-refractivity contribution in [3.8, 4) is 0 Å². The van der Waals surface area contributed by atoms with Crippen LogP contribution < -0.4 is 10.6 Å².